The average molecular weight is 243 g/mol. The van der Waals surface area contributed by atoms with Crippen molar-refractivity contribution in [2.24, 2.45) is 0 Å². The molecule has 0 atom stereocenters. The molecule has 1 aliphatic rings. The zero-order chi connectivity index (χ0) is 12.8. The molecule has 0 aromatic rings. The molecule has 0 unspecified atom stereocenters. The monoisotopic (exact) mass is 243 g/mol. The van der Waals surface area contributed by atoms with Gasteiger partial charge in [-0.15, -0.1) is 0 Å². The Morgan fingerprint density at radius 1 is 1.18 bits per heavy atom. The number of hydrogen-bond acceptors (Lipinski definition) is 4. The van der Waals surface area contributed by atoms with E-state index in [0.717, 1.165) is 13.1 Å². The first-order chi connectivity index (χ1) is 8.04. The van der Waals surface area contributed by atoms with Crippen molar-refractivity contribution >= 4 is 12.0 Å². The van der Waals surface area contributed by atoms with Crippen molar-refractivity contribution in [2.45, 2.75) is 6.92 Å². The number of carbonyl (C=O) groups is 2. The summed E-state index contributed by atoms with van der Waals surface area (Å²) in [5, 5.41) is 0. The molecule has 6 nitrogen and oxygen atoms in total. The Kier molecular flexibility index (Phi) is 5.21. The number of ether oxygens (including phenoxy) is 1. The molecule has 1 fully saturated rings. The van der Waals surface area contributed by atoms with Crippen molar-refractivity contribution in [1.29, 1.82) is 0 Å². The maximum absolute atomic E-state index is 11.5. The second-order valence-corrected chi connectivity index (χ2v) is 4.25. The highest BCUT2D eigenvalue weighted by atomic mass is 16.6. The Morgan fingerprint density at radius 3 is 2.24 bits per heavy atom. The lowest BCUT2D eigenvalue weighted by Gasteiger charge is -2.33. The summed E-state index contributed by atoms with van der Waals surface area (Å²) in [7, 11) is 3.49. The maximum atomic E-state index is 11.5. The SMILES string of the molecule is CCOC(=O)N1CCN(CC(=O)N(C)C)CC1. The van der Waals surface area contributed by atoms with Crippen LogP contribution < -0.4 is 0 Å². The fourth-order valence-electron chi connectivity index (χ4n) is 1.64. The lowest BCUT2D eigenvalue weighted by atomic mass is 10.3. The van der Waals surface area contributed by atoms with Crippen LogP contribution in [0.5, 0.6) is 0 Å². The van der Waals surface area contributed by atoms with E-state index in [9.17, 15) is 9.59 Å². The van der Waals surface area contributed by atoms with Crippen LogP contribution in [0.2, 0.25) is 0 Å². The molecule has 0 saturated carbocycles. The van der Waals surface area contributed by atoms with E-state index >= 15 is 0 Å². The molecule has 17 heavy (non-hydrogen) atoms. The molecule has 0 radical (unpaired) electrons. The van der Waals surface area contributed by atoms with E-state index in [2.05, 4.69) is 4.90 Å². The van der Waals surface area contributed by atoms with Crippen LogP contribution in [0.15, 0.2) is 0 Å². The molecule has 2 amide bonds. The van der Waals surface area contributed by atoms with Gasteiger partial charge in [-0.05, 0) is 6.92 Å². The van der Waals surface area contributed by atoms with E-state index in [1.54, 1.807) is 30.8 Å². The van der Waals surface area contributed by atoms with Gasteiger partial charge in [-0.2, -0.15) is 0 Å². The van der Waals surface area contributed by atoms with Gasteiger partial charge < -0.3 is 14.5 Å². The summed E-state index contributed by atoms with van der Waals surface area (Å²) in [6.07, 6.45) is -0.258. The smallest absolute Gasteiger partial charge is 0.409 e. The van der Waals surface area contributed by atoms with Gasteiger partial charge in [0.05, 0.1) is 13.2 Å². The molecule has 98 valence electrons. The summed E-state index contributed by atoms with van der Waals surface area (Å²) in [6, 6.07) is 0. The van der Waals surface area contributed by atoms with Crippen molar-refractivity contribution in [3.05, 3.63) is 0 Å². The van der Waals surface area contributed by atoms with E-state index in [4.69, 9.17) is 4.74 Å². The van der Waals surface area contributed by atoms with E-state index in [1.165, 1.54) is 0 Å². The summed E-state index contributed by atoms with van der Waals surface area (Å²) >= 11 is 0. The van der Waals surface area contributed by atoms with Crippen LogP contribution in [-0.2, 0) is 9.53 Å². The molecule has 0 spiro atoms. The highest BCUT2D eigenvalue weighted by molar-refractivity contribution is 5.77. The quantitative estimate of drug-likeness (QED) is 0.691. The molecule has 0 aliphatic carbocycles. The third kappa shape index (κ3) is 4.22. The lowest BCUT2D eigenvalue weighted by Crippen LogP contribution is -2.51. The minimum Gasteiger partial charge on any atom is -0.450 e. The second-order valence-electron chi connectivity index (χ2n) is 4.25. The predicted octanol–water partition coefficient (Wildman–Crippen LogP) is -0.151. The minimum absolute atomic E-state index is 0.0922. The van der Waals surface area contributed by atoms with Gasteiger partial charge in [-0.25, -0.2) is 4.79 Å². The number of piperazine rings is 1. The normalized spacial score (nSPS) is 16.8. The number of nitrogens with zero attached hydrogens (tertiary/aromatic N) is 3. The Morgan fingerprint density at radius 2 is 1.76 bits per heavy atom. The number of likely N-dealkylation sites (N-methyl/N-ethyl adjacent to an activating group) is 1. The minimum atomic E-state index is -0.258. The molecule has 1 rings (SSSR count). The fourth-order valence-corrected chi connectivity index (χ4v) is 1.64. The maximum Gasteiger partial charge on any atom is 0.409 e. The Bertz CT molecular complexity index is 273. The highest BCUT2D eigenvalue weighted by Gasteiger charge is 2.23. The molecular weight excluding hydrogens is 222 g/mol. The van der Waals surface area contributed by atoms with Gasteiger partial charge in [0.1, 0.15) is 0 Å². The van der Waals surface area contributed by atoms with Crippen LogP contribution in [0.3, 0.4) is 0 Å². The molecule has 1 saturated heterocycles. The number of amides is 2. The molecule has 0 bridgehead atoms. The average Bonchev–Trinajstić information content (AvgIpc) is 2.30. The van der Waals surface area contributed by atoms with E-state index in [0.29, 0.717) is 26.2 Å². The van der Waals surface area contributed by atoms with Gasteiger partial charge in [0.15, 0.2) is 0 Å². The van der Waals surface area contributed by atoms with Crippen LogP contribution in [0.4, 0.5) is 4.79 Å². The topological polar surface area (TPSA) is 53.1 Å². The third-order valence-electron chi connectivity index (χ3n) is 2.76. The zero-order valence-electron chi connectivity index (χ0n) is 10.8. The summed E-state index contributed by atoms with van der Waals surface area (Å²) in [5.74, 6) is 0.0922. The molecular formula is C11H21N3O3. The van der Waals surface area contributed by atoms with Gasteiger partial charge in [0, 0.05) is 40.3 Å². The van der Waals surface area contributed by atoms with Crippen molar-refractivity contribution in [1.82, 2.24) is 14.7 Å². The van der Waals surface area contributed by atoms with Crippen molar-refractivity contribution in [3.63, 3.8) is 0 Å². The standard InChI is InChI=1S/C11H21N3O3/c1-4-17-11(16)14-7-5-13(6-8-14)9-10(15)12(2)3/h4-9H2,1-3H3. The van der Waals surface area contributed by atoms with Gasteiger partial charge in [0.2, 0.25) is 5.91 Å². The van der Waals surface area contributed by atoms with Gasteiger partial charge in [-0.3, -0.25) is 9.69 Å². The molecule has 1 heterocycles. The molecule has 0 aromatic carbocycles. The summed E-state index contributed by atoms with van der Waals surface area (Å²) < 4.78 is 4.93. The van der Waals surface area contributed by atoms with Gasteiger partial charge in [-0.1, -0.05) is 0 Å². The van der Waals surface area contributed by atoms with Crippen LogP contribution in [0, 0.1) is 0 Å². The molecule has 0 N–H and O–H groups in total. The summed E-state index contributed by atoms with van der Waals surface area (Å²) in [6.45, 7) is 5.31. The highest BCUT2D eigenvalue weighted by Crippen LogP contribution is 2.03. The fraction of sp³-hybridized carbons (Fsp3) is 0.818. The zero-order valence-corrected chi connectivity index (χ0v) is 10.8. The molecule has 1 aliphatic heterocycles. The van der Waals surface area contributed by atoms with E-state index < -0.39 is 0 Å². The van der Waals surface area contributed by atoms with Crippen LogP contribution in [0.25, 0.3) is 0 Å². The largest absolute Gasteiger partial charge is 0.450 e. The van der Waals surface area contributed by atoms with E-state index in [-0.39, 0.29) is 12.0 Å². The van der Waals surface area contributed by atoms with Gasteiger partial charge >= 0.3 is 6.09 Å². The predicted molar refractivity (Wildman–Crippen MR) is 63.7 cm³/mol. The molecule has 6 heteroatoms. The first-order valence-corrected chi connectivity index (χ1v) is 5.88. The van der Waals surface area contributed by atoms with Crippen molar-refractivity contribution in [2.75, 3.05) is 53.4 Å². The number of carbonyl (C=O) groups excluding carboxylic acids is 2. The second kappa shape index (κ2) is 6.44. The lowest BCUT2D eigenvalue weighted by molar-refractivity contribution is -0.130. The van der Waals surface area contributed by atoms with Crippen molar-refractivity contribution in [3.8, 4) is 0 Å². The van der Waals surface area contributed by atoms with Crippen LogP contribution in [-0.4, -0.2) is 80.1 Å². The Labute approximate surface area is 102 Å². The van der Waals surface area contributed by atoms with Gasteiger partial charge in [0.25, 0.3) is 0 Å². The third-order valence-corrected chi connectivity index (χ3v) is 2.76. The van der Waals surface area contributed by atoms with Crippen LogP contribution >= 0.6 is 0 Å². The van der Waals surface area contributed by atoms with E-state index in [1.807, 2.05) is 0 Å². The molecule has 0 aromatic heterocycles. The first-order valence-electron chi connectivity index (χ1n) is 5.88. The summed E-state index contributed by atoms with van der Waals surface area (Å²) in [4.78, 5) is 28.3. The number of rotatable bonds is 3. The van der Waals surface area contributed by atoms with Crippen LogP contribution in [0.1, 0.15) is 6.92 Å². The first kappa shape index (κ1) is 13.8. The van der Waals surface area contributed by atoms with Crippen molar-refractivity contribution < 1.29 is 14.3 Å². The summed E-state index contributed by atoms with van der Waals surface area (Å²) in [5.41, 5.74) is 0. The Hall–Kier alpha value is -1.30. The Balaban J connectivity index is 2.31. The number of hydrogen-bond donors (Lipinski definition) is 0.